The van der Waals surface area contributed by atoms with Gasteiger partial charge in [-0.2, -0.15) is 0 Å². The largest absolute Gasteiger partial charge is 0.390 e. The average Bonchev–Trinajstić information content (AvgIpc) is 2.58. The van der Waals surface area contributed by atoms with E-state index in [2.05, 4.69) is 10.6 Å². The molecule has 2 aromatic carbocycles. The first-order chi connectivity index (χ1) is 10.7. The summed E-state index contributed by atoms with van der Waals surface area (Å²) in [5.74, 6) is 0. The van der Waals surface area contributed by atoms with Gasteiger partial charge in [-0.1, -0.05) is 60.7 Å². The summed E-state index contributed by atoms with van der Waals surface area (Å²) in [5, 5.41) is 6.46. The Morgan fingerprint density at radius 1 is 0.818 bits per heavy atom. The van der Waals surface area contributed by atoms with Gasteiger partial charge in [-0.05, 0) is 35.6 Å². The third-order valence-electron chi connectivity index (χ3n) is 2.75. The first-order valence-electron chi connectivity index (χ1n) is 6.72. The minimum Gasteiger partial charge on any atom is -0.390 e. The molecule has 0 saturated heterocycles. The van der Waals surface area contributed by atoms with Crippen molar-refractivity contribution in [2.75, 3.05) is 0 Å². The van der Waals surface area contributed by atoms with E-state index in [0.717, 1.165) is 23.2 Å². The van der Waals surface area contributed by atoms with E-state index < -0.39 is 0 Å². The molecule has 22 heavy (non-hydrogen) atoms. The zero-order valence-electron chi connectivity index (χ0n) is 11.8. The maximum Gasteiger partial charge on any atom is 0.270 e. The lowest BCUT2D eigenvalue weighted by Crippen LogP contribution is -2.24. The third-order valence-corrected chi connectivity index (χ3v) is 3.98. The molecule has 2 rings (SSSR count). The zero-order valence-corrected chi connectivity index (χ0v) is 14.3. The number of benzene rings is 2. The van der Waals surface area contributed by atoms with Crippen LogP contribution < -0.4 is 10.6 Å². The van der Waals surface area contributed by atoms with Crippen molar-refractivity contribution < 1.29 is 4.18 Å². The lowest BCUT2D eigenvalue weighted by molar-refractivity contribution is 0.619. The predicted octanol–water partition coefficient (Wildman–Crippen LogP) is 3.80. The summed E-state index contributed by atoms with van der Waals surface area (Å²) in [6, 6.07) is 20.0. The quantitative estimate of drug-likeness (QED) is 0.646. The number of thiocarbonyl (C=S) groups is 2. The third kappa shape index (κ3) is 6.43. The maximum absolute atomic E-state index is 5.35. The van der Waals surface area contributed by atoms with Crippen molar-refractivity contribution in [1.29, 1.82) is 0 Å². The molecule has 0 aliphatic heterocycles. The molecule has 0 heterocycles. The standard InChI is InChI=1S/C16H16N2OS3/c20-15(17-11-13-7-3-1-4-8-13)19-22-16(21)18-12-14-9-5-2-6-10-14/h1-10H,11-12H2,(H,17,20)(H,18,21). The van der Waals surface area contributed by atoms with Crippen LogP contribution in [0.3, 0.4) is 0 Å². The van der Waals surface area contributed by atoms with Crippen LogP contribution in [0, 0.1) is 0 Å². The van der Waals surface area contributed by atoms with Crippen molar-refractivity contribution in [2.24, 2.45) is 0 Å². The normalized spacial score (nSPS) is 9.82. The van der Waals surface area contributed by atoms with Gasteiger partial charge in [0.05, 0.1) is 0 Å². The molecule has 114 valence electrons. The van der Waals surface area contributed by atoms with Crippen molar-refractivity contribution in [3.8, 4) is 0 Å². The van der Waals surface area contributed by atoms with Crippen molar-refractivity contribution >= 4 is 46.0 Å². The summed E-state index contributed by atoms with van der Waals surface area (Å²) in [4.78, 5) is 0. The highest BCUT2D eigenvalue weighted by Gasteiger charge is 2.03. The average molecular weight is 349 g/mol. The lowest BCUT2D eigenvalue weighted by atomic mass is 10.2. The van der Waals surface area contributed by atoms with Crippen LogP contribution in [-0.2, 0) is 17.3 Å². The first-order valence-corrected chi connectivity index (χ1v) is 8.28. The van der Waals surface area contributed by atoms with Crippen molar-refractivity contribution in [3.05, 3.63) is 71.8 Å². The van der Waals surface area contributed by atoms with Gasteiger partial charge >= 0.3 is 0 Å². The Kier molecular flexibility index (Phi) is 7.15. The van der Waals surface area contributed by atoms with E-state index in [1.165, 1.54) is 0 Å². The monoisotopic (exact) mass is 348 g/mol. The van der Waals surface area contributed by atoms with Gasteiger partial charge in [0.15, 0.2) is 4.32 Å². The van der Waals surface area contributed by atoms with E-state index in [9.17, 15) is 0 Å². The second-order valence-electron chi connectivity index (χ2n) is 4.42. The summed E-state index contributed by atoms with van der Waals surface area (Å²) in [6.07, 6.45) is 0. The Labute approximate surface area is 145 Å². The van der Waals surface area contributed by atoms with Crippen LogP contribution in [0.5, 0.6) is 0 Å². The van der Waals surface area contributed by atoms with Gasteiger partial charge in [0, 0.05) is 13.1 Å². The van der Waals surface area contributed by atoms with Gasteiger partial charge in [-0.15, -0.1) is 0 Å². The molecule has 0 aromatic heterocycles. The highest BCUT2D eigenvalue weighted by atomic mass is 32.2. The molecular weight excluding hydrogens is 332 g/mol. The van der Waals surface area contributed by atoms with Crippen LogP contribution in [0.1, 0.15) is 11.1 Å². The summed E-state index contributed by atoms with van der Waals surface area (Å²) in [6.45, 7) is 1.30. The number of hydrogen-bond donors (Lipinski definition) is 2. The molecule has 0 spiro atoms. The van der Waals surface area contributed by atoms with E-state index in [-0.39, 0.29) is 0 Å². The molecule has 2 N–H and O–H groups in total. The SMILES string of the molecule is S=C(NCc1ccccc1)OSC(=S)NCc1ccccc1. The molecule has 0 radical (unpaired) electrons. The smallest absolute Gasteiger partial charge is 0.270 e. The van der Waals surface area contributed by atoms with E-state index >= 15 is 0 Å². The van der Waals surface area contributed by atoms with Crippen molar-refractivity contribution in [3.63, 3.8) is 0 Å². The topological polar surface area (TPSA) is 33.3 Å². The highest BCUT2D eigenvalue weighted by molar-refractivity contribution is 8.20. The molecule has 0 amide bonds. The predicted molar refractivity (Wildman–Crippen MR) is 100 cm³/mol. The molecule has 0 unspecified atom stereocenters. The number of hydrogen-bond acceptors (Lipinski definition) is 4. The fourth-order valence-corrected chi connectivity index (χ4v) is 2.36. The summed E-state index contributed by atoms with van der Waals surface area (Å²) < 4.78 is 5.90. The zero-order chi connectivity index (χ0) is 15.6. The van der Waals surface area contributed by atoms with Crippen LogP contribution in [0.2, 0.25) is 0 Å². The Bertz CT molecular complexity index is 550. The highest BCUT2D eigenvalue weighted by Crippen LogP contribution is 2.07. The van der Waals surface area contributed by atoms with Crippen LogP contribution in [-0.4, -0.2) is 9.50 Å². The molecular formula is C16H16N2OS3. The van der Waals surface area contributed by atoms with E-state index in [4.69, 9.17) is 28.6 Å². The number of rotatable bonds is 4. The molecule has 0 saturated carbocycles. The molecule has 0 fully saturated rings. The first kappa shape index (κ1) is 16.7. The van der Waals surface area contributed by atoms with Crippen LogP contribution in [0.25, 0.3) is 0 Å². The summed E-state index contributed by atoms with van der Waals surface area (Å²) >= 11 is 11.4. The van der Waals surface area contributed by atoms with E-state index in [1.54, 1.807) is 0 Å². The second-order valence-corrected chi connectivity index (χ2v) is 6.20. The van der Waals surface area contributed by atoms with Gasteiger partial charge in [-0.25, -0.2) is 0 Å². The van der Waals surface area contributed by atoms with Gasteiger partial charge < -0.3 is 14.8 Å². The molecule has 0 aliphatic rings. The van der Waals surface area contributed by atoms with Crippen LogP contribution >= 0.6 is 36.5 Å². The molecule has 6 heteroatoms. The Balaban J connectivity index is 1.62. The molecule has 0 bridgehead atoms. The summed E-state index contributed by atoms with van der Waals surface area (Å²) in [5.41, 5.74) is 2.30. The summed E-state index contributed by atoms with van der Waals surface area (Å²) in [7, 11) is 0. The molecule has 0 aliphatic carbocycles. The van der Waals surface area contributed by atoms with Crippen molar-refractivity contribution in [1.82, 2.24) is 10.6 Å². The van der Waals surface area contributed by atoms with Gasteiger partial charge in [0.25, 0.3) is 5.17 Å². The van der Waals surface area contributed by atoms with Crippen LogP contribution in [0.15, 0.2) is 60.7 Å². The fourth-order valence-electron chi connectivity index (χ4n) is 1.67. The molecule has 3 nitrogen and oxygen atoms in total. The Hall–Kier alpha value is -1.63. The van der Waals surface area contributed by atoms with Crippen LogP contribution in [0.4, 0.5) is 0 Å². The van der Waals surface area contributed by atoms with Crippen molar-refractivity contribution in [2.45, 2.75) is 13.1 Å². The minimum absolute atomic E-state index is 0.317. The maximum atomic E-state index is 5.35. The van der Waals surface area contributed by atoms with E-state index in [1.807, 2.05) is 60.7 Å². The van der Waals surface area contributed by atoms with Gasteiger partial charge in [-0.3, -0.25) is 0 Å². The van der Waals surface area contributed by atoms with Gasteiger partial charge in [0.2, 0.25) is 0 Å². The Morgan fingerprint density at radius 3 is 1.86 bits per heavy atom. The lowest BCUT2D eigenvalue weighted by Gasteiger charge is -2.10. The van der Waals surface area contributed by atoms with E-state index in [0.29, 0.717) is 22.6 Å². The van der Waals surface area contributed by atoms with Gasteiger partial charge in [0.1, 0.15) is 12.0 Å². The molecule has 2 aromatic rings. The second kappa shape index (κ2) is 9.40. The molecule has 0 atom stereocenters. The Morgan fingerprint density at radius 2 is 1.32 bits per heavy atom. The number of nitrogens with one attached hydrogen (secondary N) is 2. The fraction of sp³-hybridized carbons (Fsp3) is 0.125. The minimum atomic E-state index is 0.317.